The first-order chi connectivity index (χ1) is 12.1. The zero-order chi connectivity index (χ0) is 17.8. The molecule has 0 aliphatic carbocycles. The molecule has 0 radical (unpaired) electrons. The lowest BCUT2D eigenvalue weighted by molar-refractivity contribution is 0.389. The van der Waals surface area contributed by atoms with E-state index in [4.69, 9.17) is 4.74 Å². The van der Waals surface area contributed by atoms with Crippen molar-refractivity contribution in [3.8, 4) is 16.9 Å². The van der Waals surface area contributed by atoms with Crippen molar-refractivity contribution in [2.45, 2.75) is 13.3 Å². The predicted octanol–water partition coefficient (Wildman–Crippen LogP) is 4.54. The molecule has 0 aliphatic heterocycles. The molecule has 1 atom stereocenters. The monoisotopic (exact) mass is 358 g/mol. The van der Waals surface area contributed by atoms with Crippen LogP contribution in [0, 0.1) is 5.82 Å². The summed E-state index contributed by atoms with van der Waals surface area (Å²) in [5.41, 5.74) is 2.68. The summed E-state index contributed by atoms with van der Waals surface area (Å²) < 4.78 is 34.5. The maximum atomic E-state index is 14.5. The second kappa shape index (κ2) is 7.61. The van der Waals surface area contributed by atoms with Crippen LogP contribution in [0.2, 0.25) is 0 Å². The Morgan fingerprint density at radius 2 is 2.00 bits per heavy atom. The van der Waals surface area contributed by atoms with Gasteiger partial charge >= 0.3 is 0 Å². The smallest absolute Gasteiger partial charge is 0.178 e. The van der Waals surface area contributed by atoms with E-state index in [1.807, 2.05) is 37.3 Å². The Balaban J connectivity index is 2.05. The number of pyridine rings is 1. The minimum Gasteiger partial charge on any atom is -0.492 e. The minimum atomic E-state index is -1.29. The van der Waals surface area contributed by atoms with Crippen LogP contribution in [-0.4, -0.2) is 22.1 Å². The highest BCUT2D eigenvalue weighted by Crippen LogP contribution is 2.34. The van der Waals surface area contributed by atoms with Gasteiger partial charge in [-0.05, 0) is 36.2 Å². The number of hydrogen-bond acceptors (Lipinski definition) is 3. The molecular formula is C19H19FN2O2S. The fraction of sp³-hybridized carbons (Fsp3) is 0.211. The highest BCUT2D eigenvalue weighted by atomic mass is 32.2. The Labute approximate surface area is 148 Å². The van der Waals surface area contributed by atoms with Gasteiger partial charge < -0.3 is 9.46 Å². The van der Waals surface area contributed by atoms with Crippen LogP contribution in [0.15, 0.2) is 48.7 Å². The third kappa shape index (κ3) is 3.79. The van der Waals surface area contributed by atoms with E-state index in [0.29, 0.717) is 17.0 Å². The van der Waals surface area contributed by atoms with Crippen molar-refractivity contribution < 1.29 is 13.3 Å². The number of fused-ring (bicyclic) bond motifs is 1. The van der Waals surface area contributed by atoms with Gasteiger partial charge in [-0.15, -0.1) is 0 Å². The van der Waals surface area contributed by atoms with E-state index in [2.05, 4.69) is 9.71 Å². The van der Waals surface area contributed by atoms with Crippen LogP contribution in [0.4, 0.5) is 10.1 Å². The molecule has 0 amide bonds. The number of benzene rings is 2. The summed E-state index contributed by atoms with van der Waals surface area (Å²) in [6, 6.07) is 12.8. The SMILES string of the molecule is CCCS(=O)Nc1cc(-c2cnc3ccccc3c2)cc(F)c1OC. The number of methoxy groups -OCH3 is 1. The first-order valence-electron chi connectivity index (χ1n) is 8.00. The molecule has 3 aromatic rings. The van der Waals surface area contributed by atoms with Gasteiger partial charge in [-0.2, -0.15) is 0 Å². The molecule has 1 unspecified atom stereocenters. The summed E-state index contributed by atoms with van der Waals surface area (Å²) in [6.45, 7) is 1.94. The van der Waals surface area contributed by atoms with E-state index in [0.717, 1.165) is 22.9 Å². The number of anilines is 1. The van der Waals surface area contributed by atoms with Crippen molar-refractivity contribution in [1.82, 2.24) is 4.98 Å². The second-order valence-corrected chi connectivity index (χ2v) is 6.91. The average Bonchev–Trinajstić information content (AvgIpc) is 2.61. The molecule has 0 fully saturated rings. The largest absolute Gasteiger partial charge is 0.492 e. The summed E-state index contributed by atoms with van der Waals surface area (Å²) in [4.78, 5) is 4.42. The Hall–Kier alpha value is -2.47. The number of nitrogens with zero attached hydrogens (tertiary/aromatic N) is 1. The number of rotatable bonds is 6. The van der Waals surface area contributed by atoms with Crippen LogP contribution in [0.5, 0.6) is 5.75 Å². The maximum absolute atomic E-state index is 14.5. The normalized spacial score (nSPS) is 12.1. The molecule has 4 nitrogen and oxygen atoms in total. The van der Waals surface area contributed by atoms with Crippen molar-refractivity contribution in [3.63, 3.8) is 0 Å². The van der Waals surface area contributed by atoms with E-state index in [-0.39, 0.29) is 5.75 Å². The van der Waals surface area contributed by atoms with Gasteiger partial charge in [-0.3, -0.25) is 4.98 Å². The minimum absolute atomic E-state index is 0.0574. The fourth-order valence-electron chi connectivity index (χ4n) is 2.63. The molecule has 0 bridgehead atoms. The molecule has 2 aromatic carbocycles. The van der Waals surface area contributed by atoms with Crippen LogP contribution >= 0.6 is 0 Å². The highest BCUT2D eigenvalue weighted by Gasteiger charge is 2.15. The Kier molecular flexibility index (Phi) is 5.28. The molecule has 25 heavy (non-hydrogen) atoms. The van der Waals surface area contributed by atoms with Crippen LogP contribution < -0.4 is 9.46 Å². The molecule has 1 N–H and O–H groups in total. The standard InChI is InChI=1S/C19H19FN2O2S/c1-3-8-25(23)22-18-11-14(10-16(20)19(18)24-2)15-9-13-6-4-5-7-17(13)21-12-15/h4-7,9-12,22H,3,8H2,1-2H3. The Bertz CT molecular complexity index is 930. The molecule has 6 heteroatoms. The highest BCUT2D eigenvalue weighted by molar-refractivity contribution is 7.86. The van der Waals surface area contributed by atoms with Crippen LogP contribution in [-0.2, 0) is 11.0 Å². The average molecular weight is 358 g/mol. The molecule has 3 rings (SSSR count). The fourth-order valence-corrected chi connectivity index (χ4v) is 3.50. The zero-order valence-electron chi connectivity index (χ0n) is 14.1. The Morgan fingerprint density at radius 1 is 1.20 bits per heavy atom. The zero-order valence-corrected chi connectivity index (χ0v) is 14.9. The van der Waals surface area contributed by atoms with E-state index in [9.17, 15) is 8.60 Å². The summed E-state index contributed by atoms with van der Waals surface area (Å²) in [5.74, 6) is 0.0260. The van der Waals surface area contributed by atoms with Gasteiger partial charge in [0.2, 0.25) is 0 Å². The van der Waals surface area contributed by atoms with Crippen LogP contribution in [0.3, 0.4) is 0 Å². The van der Waals surface area contributed by atoms with Gasteiger partial charge in [0.1, 0.15) is 11.0 Å². The summed E-state index contributed by atoms with van der Waals surface area (Å²) >= 11 is 0. The number of ether oxygens (including phenoxy) is 1. The van der Waals surface area contributed by atoms with Gasteiger partial charge in [-0.25, -0.2) is 8.60 Å². The lowest BCUT2D eigenvalue weighted by atomic mass is 10.0. The van der Waals surface area contributed by atoms with Crippen molar-refractivity contribution in [2.24, 2.45) is 0 Å². The molecule has 0 spiro atoms. The van der Waals surface area contributed by atoms with Crippen molar-refractivity contribution >= 4 is 27.6 Å². The summed E-state index contributed by atoms with van der Waals surface area (Å²) in [7, 11) is 0.102. The second-order valence-electron chi connectivity index (χ2n) is 5.61. The van der Waals surface area contributed by atoms with E-state index in [1.165, 1.54) is 13.2 Å². The first kappa shape index (κ1) is 17.4. The van der Waals surface area contributed by atoms with E-state index < -0.39 is 16.8 Å². The lowest BCUT2D eigenvalue weighted by Gasteiger charge is -2.14. The van der Waals surface area contributed by atoms with Crippen LogP contribution in [0.1, 0.15) is 13.3 Å². The topological polar surface area (TPSA) is 51.2 Å². The molecule has 0 saturated carbocycles. The van der Waals surface area contributed by atoms with Crippen molar-refractivity contribution in [2.75, 3.05) is 17.6 Å². The number of para-hydroxylation sites is 1. The maximum Gasteiger partial charge on any atom is 0.178 e. The van der Waals surface area contributed by atoms with Gasteiger partial charge in [0.05, 0.1) is 18.3 Å². The predicted molar refractivity (Wildman–Crippen MR) is 101 cm³/mol. The molecular weight excluding hydrogens is 339 g/mol. The van der Waals surface area contributed by atoms with Gasteiger partial charge in [-0.1, -0.05) is 25.1 Å². The lowest BCUT2D eigenvalue weighted by Crippen LogP contribution is -2.09. The third-order valence-corrected chi connectivity index (χ3v) is 5.01. The third-order valence-electron chi connectivity index (χ3n) is 3.78. The molecule has 130 valence electrons. The summed E-state index contributed by atoms with van der Waals surface area (Å²) in [5, 5.41) is 0.972. The van der Waals surface area contributed by atoms with Crippen LogP contribution in [0.25, 0.3) is 22.0 Å². The van der Waals surface area contributed by atoms with Crippen molar-refractivity contribution in [3.05, 3.63) is 54.5 Å². The Morgan fingerprint density at radius 3 is 2.76 bits per heavy atom. The number of hydrogen-bond donors (Lipinski definition) is 1. The quantitative estimate of drug-likeness (QED) is 0.704. The summed E-state index contributed by atoms with van der Waals surface area (Å²) in [6.07, 6.45) is 2.47. The first-order valence-corrected chi connectivity index (χ1v) is 9.32. The molecule has 0 aliphatic rings. The number of nitrogens with one attached hydrogen (secondary N) is 1. The van der Waals surface area contributed by atoms with E-state index in [1.54, 1.807) is 12.3 Å². The van der Waals surface area contributed by atoms with Gasteiger partial charge in [0.25, 0.3) is 0 Å². The number of aromatic nitrogens is 1. The van der Waals surface area contributed by atoms with E-state index >= 15 is 0 Å². The van der Waals surface area contributed by atoms with Gasteiger partial charge in [0.15, 0.2) is 11.6 Å². The van der Waals surface area contributed by atoms with Crippen molar-refractivity contribution in [1.29, 1.82) is 0 Å². The molecule has 1 heterocycles. The molecule has 0 saturated heterocycles. The van der Waals surface area contributed by atoms with Gasteiger partial charge in [0, 0.05) is 22.9 Å². The number of halogens is 1. The molecule has 1 aromatic heterocycles.